The summed E-state index contributed by atoms with van der Waals surface area (Å²) in [5.74, 6) is -0.317. The van der Waals surface area contributed by atoms with E-state index in [0.717, 1.165) is 25.7 Å². The molecule has 0 aliphatic heterocycles. The first kappa shape index (κ1) is 24.9. The fourth-order valence-corrected chi connectivity index (χ4v) is 2.97. The van der Waals surface area contributed by atoms with Gasteiger partial charge in [-0.15, -0.1) is 0 Å². The van der Waals surface area contributed by atoms with Gasteiger partial charge in [0.15, 0.2) is 5.41 Å². The van der Waals surface area contributed by atoms with Gasteiger partial charge in [-0.25, -0.2) is 0 Å². The second kappa shape index (κ2) is 15.0. The zero-order valence-corrected chi connectivity index (χ0v) is 17.9. The van der Waals surface area contributed by atoms with Crippen LogP contribution < -0.4 is 0 Å². The molecular weight excluding hydrogens is 328 g/mol. The molecule has 26 heavy (non-hydrogen) atoms. The topological polar surface area (TPSA) is 52.6 Å². The predicted octanol–water partition coefficient (Wildman–Crippen LogP) is 6.07. The fraction of sp³-hybridized carbons (Fsp3) is 0.909. The number of esters is 2. The molecule has 1 unspecified atom stereocenters. The van der Waals surface area contributed by atoms with Crippen LogP contribution in [0.3, 0.4) is 0 Å². The first-order valence-corrected chi connectivity index (χ1v) is 10.8. The number of carbonyl (C=O) groups excluding carboxylic acids is 2. The highest BCUT2D eigenvalue weighted by atomic mass is 16.6. The molecule has 0 N–H and O–H groups in total. The molecule has 0 rings (SSSR count). The molecule has 0 aromatic heterocycles. The summed E-state index contributed by atoms with van der Waals surface area (Å²) in [7, 11) is 0. The van der Waals surface area contributed by atoms with Crippen LogP contribution in [0.4, 0.5) is 0 Å². The third kappa shape index (κ3) is 9.05. The van der Waals surface area contributed by atoms with Crippen molar-refractivity contribution in [2.75, 3.05) is 13.2 Å². The maximum absolute atomic E-state index is 12.6. The Bertz CT molecular complexity index is 374. The van der Waals surface area contributed by atoms with Crippen LogP contribution in [0.15, 0.2) is 0 Å². The van der Waals surface area contributed by atoms with Crippen LogP contribution in [0.1, 0.15) is 105 Å². The van der Waals surface area contributed by atoms with Crippen LogP contribution in [0.2, 0.25) is 0 Å². The molecule has 0 fully saturated rings. The van der Waals surface area contributed by atoms with E-state index in [4.69, 9.17) is 9.47 Å². The van der Waals surface area contributed by atoms with E-state index >= 15 is 0 Å². The van der Waals surface area contributed by atoms with Crippen LogP contribution >= 0.6 is 0 Å². The summed E-state index contributed by atoms with van der Waals surface area (Å²) in [5.41, 5.74) is -1.14. The zero-order valence-electron chi connectivity index (χ0n) is 17.9. The molecule has 1 atom stereocenters. The van der Waals surface area contributed by atoms with Crippen LogP contribution in [0, 0.1) is 11.3 Å². The van der Waals surface area contributed by atoms with E-state index in [1.165, 1.54) is 32.1 Å². The van der Waals surface area contributed by atoms with Crippen LogP contribution in [-0.4, -0.2) is 25.2 Å². The maximum Gasteiger partial charge on any atom is 0.323 e. The minimum atomic E-state index is -1.14. The summed E-state index contributed by atoms with van der Waals surface area (Å²) >= 11 is 0. The van der Waals surface area contributed by atoms with E-state index in [1.54, 1.807) is 0 Å². The van der Waals surface area contributed by atoms with Gasteiger partial charge in [-0.1, -0.05) is 79.6 Å². The molecular formula is C22H42O4. The third-order valence-electron chi connectivity index (χ3n) is 5.51. The van der Waals surface area contributed by atoms with Crippen molar-refractivity contribution >= 4 is 11.9 Å². The first-order chi connectivity index (χ1) is 12.5. The lowest BCUT2D eigenvalue weighted by atomic mass is 9.82. The van der Waals surface area contributed by atoms with Gasteiger partial charge in [-0.2, -0.15) is 0 Å². The summed E-state index contributed by atoms with van der Waals surface area (Å²) in [4.78, 5) is 25.1. The molecule has 0 saturated carbocycles. The van der Waals surface area contributed by atoms with Gasteiger partial charge in [0, 0.05) is 0 Å². The number of hydrogen-bond acceptors (Lipinski definition) is 4. The van der Waals surface area contributed by atoms with E-state index in [-0.39, 0.29) is 0 Å². The molecule has 0 amide bonds. The highest BCUT2D eigenvalue weighted by molar-refractivity contribution is 5.99. The number of unbranched alkanes of at least 4 members (excludes halogenated alkanes) is 6. The minimum absolute atomic E-state index is 0.376. The Labute approximate surface area is 161 Å². The van der Waals surface area contributed by atoms with Crippen molar-refractivity contribution < 1.29 is 19.1 Å². The largest absolute Gasteiger partial charge is 0.465 e. The van der Waals surface area contributed by atoms with Crippen molar-refractivity contribution in [1.82, 2.24) is 0 Å². The summed E-state index contributed by atoms with van der Waals surface area (Å²) in [6.45, 7) is 11.0. The van der Waals surface area contributed by atoms with Gasteiger partial charge < -0.3 is 9.47 Å². The average Bonchev–Trinajstić information content (AvgIpc) is 2.65. The van der Waals surface area contributed by atoms with Crippen molar-refractivity contribution in [1.29, 1.82) is 0 Å². The van der Waals surface area contributed by atoms with Gasteiger partial charge in [0.1, 0.15) is 0 Å². The molecule has 4 heteroatoms. The van der Waals surface area contributed by atoms with Gasteiger partial charge in [-0.05, 0) is 31.6 Å². The minimum Gasteiger partial charge on any atom is -0.465 e. The lowest BCUT2D eigenvalue weighted by molar-refractivity contribution is -0.173. The standard InChI is InChI=1S/C22H42O4/c1-6-10-11-12-13-14-15-17-25-20(23)22(8-3,9-4)21(24)26-18-16-19(5)7-2/h19H,6-18H2,1-5H3. The summed E-state index contributed by atoms with van der Waals surface area (Å²) in [5, 5.41) is 0. The molecule has 0 bridgehead atoms. The Morgan fingerprint density at radius 1 is 0.769 bits per heavy atom. The third-order valence-corrected chi connectivity index (χ3v) is 5.51. The van der Waals surface area contributed by atoms with Gasteiger partial charge in [0.05, 0.1) is 13.2 Å². The van der Waals surface area contributed by atoms with Gasteiger partial charge in [-0.3, -0.25) is 9.59 Å². The molecule has 0 aliphatic carbocycles. The predicted molar refractivity (Wildman–Crippen MR) is 107 cm³/mol. The molecule has 0 heterocycles. The Morgan fingerprint density at radius 3 is 1.77 bits per heavy atom. The van der Waals surface area contributed by atoms with Crippen molar-refractivity contribution in [2.24, 2.45) is 11.3 Å². The molecule has 154 valence electrons. The van der Waals surface area contributed by atoms with Gasteiger partial charge in [0.2, 0.25) is 0 Å². The molecule has 0 spiro atoms. The monoisotopic (exact) mass is 370 g/mol. The van der Waals surface area contributed by atoms with Crippen LogP contribution in [0.25, 0.3) is 0 Å². The molecule has 0 aromatic rings. The van der Waals surface area contributed by atoms with E-state index in [2.05, 4.69) is 20.8 Å². The fourth-order valence-electron chi connectivity index (χ4n) is 2.97. The SMILES string of the molecule is CCCCCCCCCOC(=O)C(CC)(CC)C(=O)OCCC(C)CC. The zero-order chi connectivity index (χ0) is 19.8. The quantitative estimate of drug-likeness (QED) is 0.188. The van der Waals surface area contributed by atoms with Gasteiger partial charge in [0.25, 0.3) is 0 Å². The lowest BCUT2D eigenvalue weighted by Gasteiger charge is -2.27. The molecule has 0 aromatic carbocycles. The van der Waals surface area contributed by atoms with E-state index < -0.39 is 17.4 Å². The number of rotatable bonds is 16. The van der Waals surface area contributed by atoms with Crippen LogP contribution in [-0.2, 0) is 19.1 Å². The average molecular weight is 371 g/mol. The smallest absolute Gasteiger partial charge is 0.323 e. The van der Waals surface area contributed by atoms with E-state index in [9.17, 15) is 9.59 Å². The van der Waals surface area contributed by atoms with E-state index in [1.807, 2.05) is 13.8 Å². The number of carbonyl (C=O) groups is 2. The summed E-state index contributed by atoms with van der Waals surface area (Å²) < 4.78 is 10.9. The van der Waals surface area contributed by atoms with Crippen molar-refractivity contribution in [3.63, 3.8) is 0 Å². The highest BCUT2D eigenvalue weighted by Gasteiger charge is 2.45. The van der Waals surface area contributed by atoms with Crippen molar-refractivity contribution in [3.05, 3.63) is 0 Å². The Hall–Kier alpha value is -1.06. The highest BCUT2D eigenvalue weighted by Crippen LogP contribution is 2.30. The normalized spacial score (nSPS) is 12.7. The van der Waals surface area contributed by atoms with E-state index in [0.29, 0.717) is 32.0 Å². The van der Waals surface area contributed by atoms with Crippen molar-refractivity contribution in [2.45, 2.75) is 105 Å². The molecule has 0 aliphatic rings. The maximum atomic E-state index is 12.6. The second-order valence-electron chi connectivity index (χ2n) is 7.48. The Kier molecular flexibility index (Phi) is 14.4. The molecule has 0 saturated heterocycles. The van der Waals surface area contributed by atoms with Crippen LogP contribution in [0.5, 0.6) is 0 Å². The number of ether oxygens (including phenoxy) is 2. The first-order valence-electron chi connectivity index (χ1n) is 10.8. The second-order valence-corrected chi connectivity index (χ2v) is 7.48. The summed E-state index contributed by atoms with van der Waals surface area (Å²) in [6, 6.07) is 0. The van der Waals surface area contributed by atoms with Gasteiger partial charge >= 0.3 is 11.9 Å². The molecule has 0 radical (unpaired) electrons. The van der Waals surface area contributed by atoms with Crippen molar-refractivity contribution in [3.8, 4) is 0 Å². The lowest BCUT2D eigenvalue weighted by Crippen LogP contribution is -2.41. The molecule has 4 nitrogen and oxygen atoms in total. The Morgan fingerprint density at radius 2 is 1.27 bits per heavy atom. The summed E-state index contributed by atoms with van der Waals surface area (Å²) in [6.07, 6.45) is 10.9. The Balaban J connectivity index is 4.30. The number of hydrogen-bond donors (Lipinski definition) is 0.